The average Bonchev–Trinajstić information content (AvgIpc) is 2.90. The maximum Gasteiger partial charge on any atom is 0.295 e. The van der Waals surface area contributed by atoms with Gasteiger partial charge in [-0.3, -0.25) is 4.72 Å². The molecule has 1 N–H and O–H groups in total. The quantitative estimate of drug-likeness (QED) is 0.886. The first-order valence-corrected chi connectivity index (χ1v) is 9.10. The third-order valence-corrected chi connectivity index (χ3v) is 4.94. The summed E-state index contributed by atoms with van der Waals surface area (Å²) in [6, 6.07) is 8.90. The minimum atomic E-state index is -3.71. The summed E-state index contributed by atoms with van der Waals surface area (Å²) in [5, 5.41) is -0.0871. The van der Waals surface area contributed by atoms with E-state index in [0.29, 0.717) is 5.69 Å². The van der Waals surface area contributed by atoms with Crippen LogP contribution in [0.15, 0.2) is 46.1 Å². The highest BCUT2D eigenvalue weighted by atomic mass is 32.2. The van der Waals surface area contributed by atoms with E-state index in [1.165, 1.54) is 12.3 Å². The molecule has 2 aromatic rings. The first-order chi connectivity index (χ1) is 10.4. The third kappa shape index (κ3) is 4.16. The molecule has 23 heavy (non-hydrogen) atoms. The summed E-state index contributed by atoms with van der Waals surface area (Å²) in [6.07, 6.45) is 1.35. The molecule has 1 aromatic heterocycles. The van der Waals surface area contributed by atoms with E-state index < -0.39 is 10.0 Å². The molecule has 1 heterocycles. The molecule has 0 aliphatic rings. The number of hydrogen-bond acceptors (Lipinski definition) is 3. The van der Waals surface area contributed by atoms with Crippen LogP contribution in [-0.2, 0) is 20.9 Å². The number of anilines is 1. The topological polar surface area (TPSA) is 59.3 Å². The van der Waals surface area contributed by atoms with Crippen LogP contribution < -0.4 is 4.72 Å². The van der Waals surface area contributed by atoms with Crippen molar-refractivity contribution in [3.8, 4) is 0 Å². The monoisotopic (exact) mass is 335 g/mol. The second-order valence-corrected chi connectivity index (χ2v) is 9.45. The van der Waals surface area contributed by atoms with Crippen LogP contribution in [0, 0.1) is 0 Å². The predicted molar refractivity (Wildman–Crippen MR) is 93.4 cm³/mol. The molecular formula is C18H25NO3S. The molecule has 0 aliphatic heterocycles. The van der Waals surface area contributed by atoms with Crippen molar-refractivity contribution in [2.75, 3.05) is 4.72 Å². The van der Waals surface area contributed by atoms with E-state index >= 15 is 0 Å². The Hall–Kier alpha value is -1.75. The van der Waals surface area contributed by atoms with Gasteiger partial charge in [0.05, 0.1) is 6.26 Å². The fourth-order valence-corrected chi connectivity index (χ4v) is 3.14. The highest BCUT2D eigenvalue weighted by Gasteiger charge is 2.23. The van der Waals surface area contributed by atoms with Crippen molar-refractivity contribution in [3.05, 3.63) is 47.7 Å². The van der Waals surface area contributed by atoms with Gasteiger partial charge in [0.2, 0.25) is 5.09 Å². The van der Waals surface area contributed by atoms with Crippen LogP contribution in [0.25, 0.3) is 0 Å². The summed E-state index contributed by atoms with van der Waals surface area (Å²) in [4.78, 5) is 0. The molecule has 0 spiro atoms. The largest absolute Gasteiger partial charge is 0.451 e. The Kier molecular flexibility index (Phi) is 4.37. The van der Waals surface area contributed by atoms with Crippen molar-refractivity contribution >= 4 is 15.7 Å². The van der Waals surface area contributed by atoms with Gasteiger partial charge in [-0.15, -0.1) is 0 Å². The molecule has 0 atom stereocenters. The molecule has 0 radical (unpaired) electrons. The second-order valence-electron chi connectivity index (χ2n) is 7.84. The number of nitrogens with one attached hydrogen (secondary N) is 1. The SMILES string of the molecule is CC(C)(C)c1cc(NS(=O)(=O)c2ccco2)cc(C(C)(C)C)c1. The Balaban J connectivity index is 2.50. The molecule has 0 bridgehead atoms. The van der Waals surface area contributed by atoms with Crippen LogP contribution in [0.5, 0.6) is 0 Å². The first-order valence-electron chi connectivity index (χ1n) is 7.62. The number of sulfonamides is 1. The number of benzene rings is 1. The van der Waals surface area contributed by atoms with Crippen LogP contribution in [0.1, 0.15) is 52.7 Å². The summed E-state index contributed by atoms with van der Waals surface area (Å²) in [5.41, 5.74) is 2.57. The Morgan fingerprint density at radius 3 is 1.83 bits per heavy atom. The Labute approximate surface area is 139 Å². The van der Waals surface area contributed by atoms with Crippen molar-refractivity contribution in [1.82, 2.24) is 0 Å². The number of rotatable bonds is 3. The third-order valence-electron chi connectivity index (χ3n) is 3.68. The van der Waals surface area contributed by atoms with Crippen LogP contribution in [0.4, 0.5) is 5.69 Å². The minimum Gasteiger partial charge on any atom is -0.451 e. The zero-order valence-corrected chi connectivity index (χ0v) is 15.4. The Morgan fingerprint density at radius 1 is 0.913 bits per heavy atom. The normalized spacial score (nSPS) is 13.1. The lowest BCUT2D eigenvalue weighted by Crippen LogP contribution is -2.19. The van der Waals surface area contributed by atoms with Crippen molar-refractivity contribution in [1.29, 1.82) is 0 Å². The van der Waals surface area contributed by atoms with Gasteiger partial charge in [0.15, 0.2) is 0 Å². The standard InChI is InChI=1S/C18H25NO3S/c1-17(2,3)13-10-14(18(4,5)6)12-15(11-13)19-23(20,21)16-8-7-9-22-16/h7-12,19H,1-6H3. The van der Waals surface area contributed by atoms with E-state index in [1.54, 1.807) is 6.07 Å². The van der Waals surface area contributed by atoms with Gasteiger partial charge >= 0.3 is 0 Å². The summed E-state index contributed by atoms with van der Waals surface area (Å²) >= 11 is 0. The summed E-state index contributed by atoms with van der Waals surface area (Å²) in [7, 11) is -3.71. The maximum absolute atomic E-state index is 12.4. The highest BCUT2D eigenvalue weighted by Crippen LogP contribution is 2.32. The Morgan fingerprint density at radius 2 is 1.43 bits per heavy atom. The molecule has 126 valence electrons. The minimum absolute atomic E-state index is 0.0772. The zero-order valence-electron chi connectivity index (χ0n) is 14.6. The van der Waals surface area contributed by atoms with Crippen molar-refractivity contribution in [3.63, 3.8) is 0 Å². The molecule has 0 unspecified atom stereocenters. The summed E-state index contributed by atoms with van der Waals surface area (Å²) in [5.74, 6) is 0. The molecule has 0 aliphatic carbocycles. The average molecular weight is 335 g/mol. The van der Waals surface area contributed by atoms with Gasteiger partial charge in [-0.25, -0.2) is 0 Å². The van der Waals surface area contributed by atoms with Gasteiger partial charge in [0, 0.05) is 5.69 Å². The molecule has 5 heteroatoms. The summed E-state index contributed by atoms with van der Waals surface area (Å²) in [6.45, 7) is 12.7. The van der Waals surface area contributed by atoms with Crippen molar-refractivity contribution in [2.24, 2.45) is 0 Å². The van der Waals surface area contributed by atoms with Gasteiger partial charge in [-0.2, -0.15) is 8.42 Å². The van der Waals surface area contributed by atoms with Crippen LogP contribution in [0.3, 0.4) is 0 Å². The lowest BCUT2D eigenvalue weighted by Gasteiger charge is -2.26. The van der Waals surface area contributed by atoms with E-state index in [4.69, 9.17) is 4.42 Å². The van der Waals surface area contributed by atoms with Crippen LogP contribution in [0.2, 0.25) is 0 Å². The fourth-order valence-electron chi connectivity index (χ4n) is 2.17. The van der Waals surface area contributed by atoms with Crippen molar-refractivity contribution < 1.29 is 12.8 Å². The molecule has 2 rings (SSSR count). The lowest BCUT2D eigenvalue weighted by molar-refractivity contribution is 0.452. The lowest BCUT2D eigenvalue weighted by atomic mass is 9.80. The smallest absolute Gasteiger partial charge is 0.295 e. The molecule has 0 saturated carbocycles. The number of hydrogen-bond donors (Lipinski definition) is 1. The van der Waals surface area contributed by atoms with E-state index in [9.17, 15) is 8.42 Å². The van der Waals surface area contributed by atoms with E-state index in [0.717, 1.165) is 11.1 Å². The maximum atomic E-state index is 12.4. The van der Waals surface area contributed by atoms with Crippen molar-refractivity contribution in [2.45, 2.75) is 57.5 Å². The van der Waals surface area contributed by atoms with E-state index in [2.05, 4.69) is 52.3 Å². The van der Waals surface area contributed by atoms with Crippen LogP contribution >= 0.6 is 0 Å². The van der Waals surface area contributed by atoms with Gasteiger partial charge in [0.25, 0.3) is 10.0 Å². The summed E-state index contributed by atoms with van der Waals surface area (Å²) < 4.78 is 32.4. The zero-order chi connectivity index (χ0) is 17.5. The molecule has 1 aromatic carbocycles. The number of furan rings is 1. The van der Waals surface area contributed by atoms with Crippen LogP contribution in [-0.4, -0.2) is 8.42 Å². The first kappa shape index (κ1) is 17.6. The molecule has 0 saturated heterocycles. The van der Waals surface area contributed by atoms with E-state index in [1.807, 2.05) is 12.1 Å². The molecule has 4 nitrogen and oxygen atoms in total. The fraction of sp³-hybridized carbons (Fsp3) is 0.444. The van der Waals surface area contributed by atoms with Gasteiger partial charge in [-0.05, 0) is 46.2 Å². The van der Waals surface area contributed by atoms with E-state index in [-0.39, 0.29) is 15.9 Å². The highest BCUT2D eigenvalue weighted by molar-refractivity contribution is 7.92. The molecule has 0 fully saturated rings. The molecule has 0 amide bonds. The molecular weight excluding hydrogens is 310 g/mol. The van der Waals surface area contributed by atoms with Gasteiger partial charge in [0.1, 0.15) is 0 Å². The Bertz CT molecular complexity index is 744. The van der Waals surface area contributed by atoms with Gasteiger partial charge in [-0.1, -0.05) is 47.6 Å². The van der Waals surface area contributed by atoms with Gasteiger partial charge < -0.3 is 4.42 Å². The predicted octanol–water partition coefficient (Wildman–Crippen LogP) is 4.68. The second kappa shape index (κ2) is 5.71.